The highest BCUT2D eigenvalue weighted by atomic mass is 19.4. The third-order valence-electron chi connectivity index (χ3n) is 6.48. The standard InChI is InChI=1S/C23H21F6N7O2/c1-11(12-2-4-36(5-3-12)20(38)18(37)23(27,28)29)34-21-33-8-13(7-30)17(35-21)16-10-32-19-15(16)6-14(9-31-19)22(24,25)26/h6,8-12,18,37H,2-5H2,1H3,(H,31,32)(H,33,34,35)/t11-,18?/m1/s1. The van der Waals surface area contributed by atoms with Gasteiger partial charge in [-0.2, -0.15) is 31.6 Å². The van der Waals surface area contributed by atoms with Gasteiger partial charge >= 0.3 is 12.4 Å². The lowest BCUT2D eigenvalue weighted by atomic mass is 9.90. The summed E-state index contributed by atoms with van der Waals surface area (Å²) in [4.78, 5) is 27.9. The van der Waals surface area contributed by atoms with E-state index in [2.05, 4.69) is 25.3 Å². The van der Waals surface area contributed by atoms with E-state index in [9.17, 15) is 41.5 Å². The molecule has 0 aliphatic carbocycles. The number of aliphatic hydroxyl groups is 1. The number of carbonyl (C=O) groups is 1. The Labute approximate surface area is 211 Å². The van der Waals surface area contributed by atoms with E-state index in [0.29, 0.717) is 19.0 Å². The molecule has 202 valence electrons. The van der Waals surface area contributed by atoms with Crippen molar-refractivity contribution in [2.75, 3.05) is 18.4 Å². The number of anilines is 1. The van der Waals surface area contributed by atoms with Gasteiger partial charge in [0.15, 0.2) is 0 Å². The Hall–Kier alpha value is -3.93. The van der Waals surface area contributed by atoms with Crippen molar-refractivity contribution in [1.82, 2.24) is 24.8 Å². The minimum atomic E-state index is -5.04. The molecule has 3 aromatic heterocycles. The third kappa shape index (κ3) is 5.49. The maximum atomic E-state index is 13.2. The van der Waals surface area contributed by atoms with E-state index in [0.717, 1.165) is 11.0 Å². The van der Waals surface area contributed by atoms with Crippen LogP contribution in [0.3, 0.4) is 0 Å². The van der Waals surface area contributed by atoms with Crippen molar-refractivity contribution in [3.05, 3.63) is 35.8 Å². The van der Waals surface area contributed by atoms with Crippen LogP contribution in [0.5, 0.6) is 0 Å². The van der Waals surface area contributed by atoms with Crippen LogP contribution in [-0.4, -0.2) is 67.3 Å². The van der Waals surface area contributed by atoms with Crippen molar-refractivity contribution < 1.29 is 36.2 Å². The normalized spacial score (nSPS) is 16.8. The number of hydrogen-bond donors (Lipinski definition) is 3. The van der Waals surface area contributed by atoms with Crippen molar-refractivity contribution in [3.8, 4) is 17.3 Å². The monoisotopic (exact) mass is 541 g/mol. The molecule has 0 aromatic carbocycles. The predicted octanol–water partition coefficient (Wildman–Crippen LogP) is 3.87. The van der Waals surface area contributed by atoms with Crippen LogP contribution in [0.4, 0.5) is 32.3 Å². The molecule has 3 aromatic rings. The fourth-order valence-corrected chi connectivity index (χ4v) is 4.35. The number of aliphatic hydroxyl groups excluding tert-OH is 1. The predicted molar refractivity (Wildman–Crippen MR) is 121 cm³/mol. The van der Waals surface area contributed by atoms with E-state index in [-0.39, 0.29) is 58.9 Å². The van der Waals surface area contributed by atoms with Gasteiger partial charge < -0.3 is 20.3 Å². The topological polar surface area (TPSA) is 131 Å². The number of alkyl halides is 6. The number of H-pyrrole nitrogens is 1. The first-order chi connectivity index (χ1) is 17.8. The molecule has 38 heavy (non-hydrogen) atoms. The zero-order valence-corrected chi connectivity index (χ0v) is 19.7. The molecule has 1 amide bonds. The SMILES string of the molecule is C[C@@H](Nc1ncc(C#N)c(-c2c[nH]c3ncc(C(F)(F)F)cc23)n1)C1CCN(C(=O)C(O)C(F)(F)F)CC1. The molecular weight excluding hydrogens is 520 g/mol. The highest BCUT2D eigenvalue weighted by Crippen LogP contribution is 2.35. The van der Waals surface area contributed by atoms with Crippen LogP contribution in [0.15, 0.2) is 24.7 Å². The zero-order valence-electron chi connectivity index (χ0n) is 19.7. The van der Waals surface area contributed by atoms with Crippen molar-refractivity contribution >= 4 is 22.9 Å². The number of fused-ring (bicyclic) bond motifs is 1. The number of piperidine rings is 1. The minimum Gasteiger partial charge on any atom is -0.376 e. The molecule has 0 radical (unpaired) electrons. The van der Waals surface area contributed by atoms with Gasteiger partial charge in [0.25, 0.3) is 5.91 Å². The van der Waals surface area contributed by atoms with E-state index in [4.69, 9.17) is 0 Å². The molecule has 15 heteroatoms. The largest absolute Gasteiger partial charge is 0.423 e. The highest BCUT2D eigenvalue weighted by Gasteiger charge is 2.46. The molecule has 1 aliphatic heterocycles. The van der Waals surface area contributed by atoms with E-state index in [1.165, 1.54) is 12.4 Å². The average Bonchev–Trinajstić information content (AvgIpc) is 3.30. The van der Waals surface area contributed by atoms with Gasteiger partial charge in [-0.15, -0.1) is 0 Å². The fourth-order valence-electron chi connectivity index (χ4n) is 4.35. The van der Waals surface area contributed by atoms with Crippen LogP contribution in [0.25, 0.3) is 22.3 Å². The molecule has 3 N–H and O–H groups in total. The third-order valence-corrected chi connectivity index (χ3v) is 6.48. The van der Waals surface area contributed by atoms with Crippen molar-refractivity contribution in [2.24, 2.45) is 5.92 Å². The fraction of sp³-hybridized carbons (Fsp3) is 0.435. The van der Waals surface area contributed by atoms with E-state index in [1.807, 2.05) is 6.07 Å². The van der Waals surface area contributed by atoms with Gasteiger partial charge in [-0.25, -0.2) is 15.0 Å². The van der Waals surface area contributed by atoms with Gasteiger partial charge in [-0.3, -0.25) is 4.79 Å². The highest BCUT2D eigenvalue weighted by molar-refractivity contribution is 5.94. The van der Waals surface area contributed by atoms with Crippen molar-refractivity contribution in [2.45, 2.75) is 44.3 Å². The lowest BCUT2D eigenvalue weighted by Crippen LogP contribution is -2.50. The van der Waals surface area contributed by atoms with Crippen LogP contribution < -0.4 is 5.32 Å². The first kappa shape index (κ1) is 27.1. The Kier molecular flexibility index (Phi) is 7.20. The van der Waals surface area contributed by atoms with E-state index < -0.39 is 29.9 Å². The molecule has 4 rings (SSSR count). The Morgan fingerprint density at radius 2 is 1.89 bits per heavy atom. The number of aromatic nitrogens is 4. The van der Waals surface area contributed by atoms with Gasteiger partial charge in [0, 0.05) is 42.5 Å². The number of hydrogen-bond acceptors (Lipinski definition) is 7. The first-order valence-electron chi connectivity index (χ1n) is 11.4. The average molecular weight is 541 g/mol. The number of nitriles is 1. The Balaban J connectivity index is 1.51. The number of nitrogens with zero attached hydrogens (tertiary/aromatic N) is 5. The van der Waals surface area contributed by atoms with Crippen LogP contribution in [0, 0.1) is 17.2 Å². The molecule has 1 saturated heterocycles. The van der Waals surface area contributed by atoms with Gasteiger partial charge in [0.05, 0.1) is 23.0 Å². The number of likely N-dealkylation sites (tertiary alicyclic amines) is 1. The number of aromatic amines is 1. The number of rotatable bonds is 5. The Bertz CT molecular complexity index is 1370. The quantitative estimate of drug-likeness (QED) is 0.418. The molecule has 1 unspecified atom stereocenters. The van der Waals surface area contributed by atoms with Gasteiger partial charge in [0.2, 0.25) is 12.1 Å². The molecule has 0 spiro atoms. The number of carbonyl (C=O) groups excluding carboxylic acids is 1. The van der Waals surface area contributed by atoms with Crippen LogP contribution in [-0.2, 0) is 11.0 Å². The second-order valence-corrected chi connectivity index (χ2v) is 8.93. The number of amides is 1. The lowest BCUT2D eigenvalue weighted by molar-refractivity contribution is -0.211. The maximum absolute atomic E-state index is 13.2. The molecule has 4 heterocycles. The number of halogens is 6. The van der Waals surface area contributed by atoms with Gasteiger partial charge in [0.1, 0.15) is 11.7 Å². The summed E-state index contributed by atoms with van der Waals surface area (Å²) in [6.07, 6.45) is -8.69. The number of pyridine rings is 1. The van der Waals surface area contributed by atoms with Crippen LogP contribution in [0.1, 0.15) is 30.9 Å². The molecule has 1 aliphatic rings. The van der Waals surface area contributed by atoms with E-state index >= 15 is 0 Å². The Morgan fingerprint density at radius 3 is 2.50 bits per heavy atom. The van der Waals surface area contributed by atoms with Crippen LogP contribution in [0.2, 0.25) is 0 Å². The van der Waals surface area contributed by atoms with Gasteiger partial charge in [-0.05, 0) is 31.7 Å². The molecule has 0 saturated carbocycles. The summed E-state index contributed by atoms with van der Waals surface area (Å²) < 4.78 is 77.6. The second kappa shape index (κ2) is 10.1. The van der Waals surface area contributed by atoms with Gasteiger partial charge in [-0.1, -0.05) is 0 Å². The molecular formula is C23H21F6N7O2. The van der Waals surface area contributed by atoms with E-state index in [1.54, 1.807) is 6.92 Å². The van der Waals surface area contributed by atoms with Crippen molar-refractivity contribution in [3.63, 3.8) is 0 Å². The number of nitrogens with one attached hydrogen (secondary N) is 2. The molecule has 2 atom stereocenters. The summed E-state index contributed by atoms with van der Waals surface area (Å²) >= 11 is 0. The van der Waals surface area contributed by atoms with Crippen LogP contribution >= 0.6 is 0 Å². The summed E-state index contributed by atoms with van der Waals surface area (Å²) in [5.41, 5.74) is -0.445. The Morgan fingerprint density at radius 1 is 1.21 bits per heavy atom. The zero-order chi connectivity index (χ0) is 27.8. The lowest BCUT2D eigenvalue weighted by Gasteiger charge is -2.36. The smallest absolute Gasteiger partial charge is 0.376 e. The summed E-state index contributed by atoms with van der Waals surface area (Å²) in [7, 11) is 0. The second-order valence-electron chi connectivity index (χ2n) is 8.93. The summed E-state index contributed by atoms with van der Waals surface area (Å²) in [5, 5.41) is 21.9. The molecule has 0 bridgehead atoms. The molecule has 9 nitrogen and oxygen atoms in total. The molecule has 1 fully saturated rings. The minimum absolute atomic E-state index is 0.0199. The maximum Gasteiger partial charge on any atom is 0.423 e. The summed E-state index contributed by atoms with van der Waals surface area (Å²) in [6, 6.07) is 2.54. The summed E-state index contributed by atoms with van der Waals surface area (Å²) in [5.74, 6) is -1.39. The first-order valence-corrected chi connectivity index (χ1v) is 11.4. The van der Waals surface area contributed by atoms with Crippen molar-refractivity contribution in [1.29, 1.82) is 5.26 Å². The summed E-state index contributed by atoms with van der Waals surface area (Å²) in [6.45, 7) is 1.83.